The summed E-state index contributed by atoms with van der Waals surface area (Å²) in [5.74, 6) is -0.210. The van der Waals surface area contributed by atoms with Gasteiger partial charge in [-0.2, -0.15) is 0 Å². The fraction of sp³-hybridized carbons (Fsp3) is 0.222. The van der Waals surface area contributed by atoms with Gasteiger partial charge in [-0.15, -0.1) is 0 Å². The summed E-state index contributed by atoms with van der Waals surface area (Å²) < 4.78 is 30.1. The van der Waals surface area contributed by atoms with E-state index < -0.39 is 22.0 Å². The van der Waals surface area contributed by atoms with Crippen molar-refractivity contribution in [3.8, 4) is 5.75 Å². The summed E-state index contributed by atoms with van der Waals surface area (Å²) in [6, 6.07) is 11.2. The third-order valence-electron chi connectivity index (χ3n) is 3.47. The molecule has 2 aromatic rings. The van der Waals surface area contributed by atoms with E-state index in [1.165, 1.54) is 25.3 Å². The van der Waals surface area contributed by atoms with Gasteiger partial charge in [0.2, 0.25) is 15.9 Å². The first-order valence-electron chi connectivity index (χ1n) is 8.23. The Kier molecular flexibility index (Phi) is 6.83. The molecule has 0 aromatic heterocycles. The largest absolute Gasteiger partial charge is 0.494 e. The smallest absolute Gasteiger partial charge is 0.319 e. The number of sulfonamides is 1. The van der Waals surface area contributed by atoms with Crippen LogP contribution in [0.3, 0.4) is 0 Å². The number of rotatable bonds is 7. The first kappa shape index (κ1) is 21.0. The number of anilines is 3. The molecule has 0 bridgehead atoms. The summed E-state index contributed by atoms with van der Waals surface area (Å²) in [6.07, 6.45) is 1.02. The van der Waals surface area contributed by atoms with Gasteiger partial charge < -0.3 is 20.7 Å². The molecule has 2 aromatic carbocycles. The zero-order valence-electron chi connectivity index (χ0n) is 15.7. The first-order valence-corrected chi connectivity index (χ1v) is 10.1. The van der Waals surface area contributed by atoms with Crippen LogP contribution in [0, 0.1) is 6.92 Å². The maximum atomic E-state index is 12.0. The number of hydrogen-bond acceptors (Lipinski definition) is 5. The standard InChI is InChI=1S/C18H22N4O5S/c1-12-5-4-6-13(9-12)21-18(24)19-11-17(23)20-14-7-8-15(16(10-14)27-2)22-28(3,25)26/h4-10,22H,11H2,1-3H3,(H,20,23)(H2,19,21,24). The quantitative estimate of drug-likeness (QED) is 0.560. The van der Waals surface area contributed by atoms with Crippen molar-refractivity contribution in [1.29, 1.82) is 0 Å². The number of methoxy groups -OCH3 is 1. The zero-order chi connectivity index (χ0) is 20.7. The minimum atomic E-state index is -3.46. The summed E-state index contributed by atoms with van der Waals surface area (Å²) in [4.78, 5) is 23.9. The predicted octanol–water partition coefficient (Wildman–Crippen LogP) is 2.14. The highest BCUT2D eigenvalue weighted by Gasteiger charge is 2.11. The van der Waals surface area contributed by atoms with E-state index in [1.807, 2.05) is 19.1 Å². The molecule has 9 nitrogen and oxygen atoms in total. The van der Waals surface area contributed by atoms with Crippen LogP contribution >= 0.6 is 0 Å². The van der Waals surface area contributed by atoms with E-state index >= 15 is 0 Å². The minimum Gasteiger partial charge on any atom is -0.494 e. The number of nitrogens with one attached hydrogen (secondary N) is 4. The second kappa shape index (κ2) is 9.09. The van der Waals surface area contributed by atoms with Crippen molar-refractivity contribution in [2.45, 2.75) is 6.92 Å². The molecule has 0 aliphatic carbocycles. The van der Waals surface area contributed by atoms with E-state index in [9.17, 15) is 18.0 Å². The van der Waals surface area contributed by atoms with Crippen LogP contribution in [0.25, 0.3) is 0 Å². The molecule has 150 valence electrons. The Bertz CT molecular complexity index is 976. The minimum absolute atomic E-state index is 0.244. The predicted molar refractivity (Wildman–Crippen MR) is 108 cm³/mol. The molecule has 0 radical (unpaired) electrons. The van der Waals surface area contributed by atoms with Gasteiger partial charge in [0.15, 0.2) is 0 Å². The Morgan fingerprint density at radius 3 is 2.39 bits per heavy atom. The average molecular weight is 406 g/mol. The SMILES string of the molecule is COc1cc(NC(=O)CNC(=O)Nc2cccc(C)c2)ccc1NS(C)(=O)=O. The maximum Gasteiger partial charge on any atom is 0.319 e. The molecule has 0 aliphatic rings. The van der Waals surface area contributed by atoms with Gasteiger partial charge in [0.05, 0.1) is 25.6 Å². The van der Waals surface area contributed by atoms with E-state index in [0.29, 0.717) is 11.4 Å². The van der Waals surface area contributed by atoms with Crippen LogP contribution in [0.4, 0.5) is 21.9 Å². The van der Waals surface area contributed by atoms with Crippen LogP contribution in [-0.4, -0.2) is 40.3 Å². The molecule has 2 rings (SSSR count). The number of ether oxygens (including phenoxy) is 1. The lowest BCUT2D eigenvalue weighted by Gasteiger charge is -2.13. The zero-order valence-corrected chi connectivity index (χ0v) is 16.5. The molecule has 28 heavy (non-hydrogen) atoms. The highest BCUT2D eigenvalue weighted by atomic mass is 32.2. The van der Waals surface area contributed by atoms with Crippen LogP contribution in [0.1, 0.15) is 5.56 Å². The van der Waals surface area contributed by atoms with Crippen LogP contribution in [0.5, 0.6) is 5.75 Å². The monoisotopic (exact) mass is 406 g/mol. The number of carbonyl (C=O) groups excluding carboxylic acids is 2. The summed E-state index contributed by atoms with van der Waals surface area (Å²) in [5, 5.41) is 7.69. The lowest BCUT2D eigenvalue weighted by Crippen LogP contribution is -2.35. The number of urea groups is 1. The van der Waals surface area contributed by atoms with Crippen molar-refractivity contribution in [2.24, 2.45) is 0 Å². The second-order valence-corrected chi connectivity index (χ2v) is 7.76. The summed E-state index contributed by atoms with van der Waals surface area (Å²) >= 11 is 0. The van der Waals surface area contributed by atoms with Crippen LogP contribution < -0.4 is 25.4 Å². The highest BCUT2D eigenvalue weighted by molar-refractivity contribution is 7.92. The Morgan fingerprint density at radius 2 is 1.75 bits per heavy atom. The van der Waals surface area contributed by atoms with Gasteiger partial charge in [-0.3, -0.25) is 9.52 Å². The molecular formula is C18H22N4O5S. The molecule has 0 unspecified atom stereocenters. The van der Waals surface area contributed by atoms with Gasteiger partial charge >= 0.3 is 6.03 Å². The Hall–Kier alpha value is -3.27. The molecule has 10 heteroatoms. The Morgan fingerprint density at radius 1 is 1.04 bits per heavy atom. The van der Waals surface area contributed by atoms with Crippen LogP contribution in [-0.2, 0) is 14.8 Å². The van der Waals surface area contributed by atoms with Gasteiger partial charge in [0.1, 0.15) is 5.75 Å². The highest BCUT2D eigenvalue weighted by Crippen LogP contribution is 2.28. The van der Waals surface area contributed by atoms with Crippen molar-refractivity contribution >= 4 is 39.0 Å². The number of amides is 3. The molecule has 0 saturated heterocycles. The third-order valence-corrected chi connectivity index (χ3v) is 4.06. The van der Waals surface area contributed by atoms with E-state index in [-0.39, 0.29) is 18.0 Å². The van der Waals surface area contributed by atoms with E-state index in [0.717, 1.165) is 11.8 Å². The Labute approximate surface area is 163 Å². The first-order chi connectivity index (χ1) is 13.2. The molecule has 0 aliphatic heterocycles. The lowest BCUT2D eigenvalue weighted by atomic mass is 10.2. The Balaban J connectivity index is 1.91. The lowest BCUT2D eigenvalue weighted by molar-refractivity contribution is -0.115. The fourth-order valence-corrected chi connectivity index (χ4v) is 2.88. The van der Waals surface area contributed by atoms with Gasteiger partial charge in [0, 0.05) is 17.4 Å². The maximum absolute atomic E-state index is 12.0. The van der Waals surface area contributed by atoms with Gasteiger partial charge in [-0.1, -0.05) is 12.1 Å². The molecular weight excluding hydrogens is 384 g/mol. The third kappa shape index (κ3) is 6.80. The van der Waals surface area contributed by atoms with Crippen LogP contribution in [0.15, 0.2) is 42.5 Å². The fourth-order valence-electron chi connectivity index (χ4n) is 2.32. The molecule has 3 amide bonds. The summed E-state index contributed by atoms with van der Waals surface area (Å²) in [5.41, 5.74) is 2.26. The number of hydrogen-bond donors (Lipinski definition) is 4. The molecule has 0 atom stereocenters. The van der Waals surface area contributed by atoms with Gasteiger partial charge in [-0.05, 0) is 36.8 Å². The van der Waals surface area contributed by atoms with E-state index in [4.69, 9.17) is 4.74 Å². The number of aryl methyl sites for hydroxylation is 1. The molecule has 0 heterocycles. The number of benzene rings is 2. The van der Waals surface area contributed by atoms with Crippen molar-refractivity contribution in [2.75, 3.05) is 35.3 Å². The second-order valence-electron chi connectivity index (χ2n) is 6.01. The summed E-state index contributed by atoms with van der Waals surface area (Å²) in [7, 11) is -2.08. The molecule has 0 saturated carbocycles. The molecule has 0 spiro atoms. The normalized spacial score (nSPS) is 10.7. The number of carbonyl (C=O) groups is 2. The van der Waals surface area contributed by atoms with Gasteiger partial charge in [0.25, 0.3) is 0 Å². The molecule has 0 fully saturated rings. The van der Waals surface area contributed by atoms with E-state index in [1.54, 1.807) is 12.1 Å². The van der Waals surface area contributed by atoms with Crippen molar-refractivity contribution < 1.29 is 22.7 Å². The average Bonchev–Trinajstić information content (AvgIpc) is 2.60. The summed E-state index contributed by atoms with van der Waals surface area (Å²) in [6.45, 7) is 1.66. The van der Waals surface area contributed by atoms with Gasteiger partial charge in [-0.25, -0.2) is 13.2 Å². The molecule has 4 N–H and O–H groups in total. The van der Waals surface area contributed by atoms with E-state index in [2.05, 4.69) is 20.7 Å². The van der Waals surface area contributed by atoms with Crippen molar-refractivity contribution in [3.63, 3.8) is 0 Å². The topological polar surface area (TPSA) is 126 Å². The van der Waals surface area contributed by atoms with Crippen molar-refractivity contribution in [3.05, 3.63) is 48.0 Å². The van der Waals surface area contributed by atoms with Crippen LogP contribution in [0.2, 0.25) is 0 Å². The van der Waals surface area contributed by atoms with Crippen molar-refractivity contribution in [1.82, 2.24) is 5.32 Å².